The van der Waals surface area contributed by atoms with Crippen molar-refractivity contribution >= 4 is 0 Å². The number of epoxide rings is 2. The fourth-order valence-electron chi connectivity index (χ4n) is 4.57. The molecule has 2 N–H and O–H groups in total. The van der Waals surface area contributed by atoms with Crippen molar-refractivity contribution in [1.29, 1.82) is 0 Å². The molecule has 2 heterocycles. The predicted octanol–water partition coefficient (Wildman–Crippen LogP) is 2.68. The Balaban J connectivity index is 1.50. The molecule has 0 amide bonds. The fraction of sp³-hybridized carbons (Fsp3) is 0.778. The average molecular weight is 305 g/mol. The van der Waals surface area contributed by atoms with E-state index in [0.717, 1.165) is 31.4 Å². The molecule has 22 heavy (non-hydrogen) atoms. The summed E-state index contributed by atoms with van der Waals surface area (Å²) in [7, 11) is 1.74. The van der Waals surface area contributed by atoms with E-state index in [1.54, 1.807) is 12.7 Å². The molecule has 0 aromatic carbocycles. The molecule has 2 saturated heterocycles. The van der Waals surface area contributed by atoms with E-state index in [9.17, 15) is 0 Å². The second-order valence-electron chi connectivity index (χ2n) is 7.41. The van der Waals surface area contributed by atoms with Crippen molar-refractivity contribution in [2.75, 3.05) is 13.7 Å². The van der Waals surface area contributed by atoms with Gasteiger partial charge in [-0.1, -0.05) is 18.2 Å². The minimum atomic E-state index is -0.615. The molecule has 1 spiro atoms. The van der Waals surface area contributed by atoms with Crippen molar-refractivity contribution in [3.63, 3.8) is 0 Å². The smallest absolute Gasteiger partial charge is 0.152 e. The van der Waals surface area contributed by atoms with Crippen molar-refractivity contribution < 1.29 is 14.2 Å². The van der Waals surface area contributed by atoms with Gasteiger partial charge in [0.1, 0.15) is 11.7 Å². The number of methoxy groups -OCH3 is 1. The number of nitrogens with two attached hydrogens (primary N) is 1. The SMILES string of the molecule is C=C1CC[C@]2(CO2)[C@@H]([C@@]2(N)O[C@@H]2CC=C2CCCC2)[C@@H]1OC. The summed E-state index contributed by atoms with van der Waals surface area (Å²) in [4.78, 5) is 0. The minimum absolute atomic E-state index is 0.0506. The monoisotopic (exact) mass is 305 g/mol. The second-order valence-corrected chi connectivity index (χ2v) is 7.41. The number of ether oxygens (including phenoxy) is 3. The molecule has 0 unspecified atom stereocenters. The van der Waals surface area contributed by atoms with Gasteiger partial charge in [0, 0.05) is 7.11 Å². The summed E-state index contributed by atoms with van der Waals surface area (Å²) >= 11 is 0. The molecule has 4 nitrogen and oxygen atoms in total. The molecule has 0 aromatic heterocycles. The Morgan fingerprint density at radius 1 is 1.36 bits per heavy atom. The first kappa shape index (κ1) is 14.9. The van der Waals surface area contributed by atoms with E-state index in [1.807, 2.05) is 0 Å². The lowest BCUT2D eigenvalue weighted by Gasteiger charge is -2.39. The molecule has 0 radical (unpaired) electrons. The Morgan fingerprint density at radius 3 is 2.73 bits per heavy atom. The van der Waals surface area contributed by atoms with E-state index < -0.39 is 5.72 Å². The molecular weight excluding hydrogens is 278 g/mol. The lowest BCUT2D eigenvalue weighted by Crippen LogP contribution is -2.54. The highest BCUT2D eigenvalue weighted by Gasteiger charge is 2.71. The Labute approximate surface area is 132 Å². The summed E-state index contributed by atoms with van der Waals surface area (Å²) in [6, 6.07) is 0. The average Bonchev–Trinajstić information content (AvgIpc) is 3.35. The van der Waals surface area contributed by atoms with Crippen LogP contribution in [0.3, 0.4) is 0 Å². The zero-order valence-electron chi connectivity index (χ0n) is 13.5. The molecule has 4 heteroatoms. The van der Waals surface area contributed by atoms with Crippen LogP contribution in [-0.2, 0) is 14.2 Å². The molecule has 5 atom stereocenters. The molecule has 2 aliphatic heterocycles. The number of allylic oxidation sites excluding steroid dienone is 1. The van der Waals surface area contributed by atoms with Crippen LogP contribution in [0.15, 0.2) is 23.8 Å². The summed E-state index contributed by atoms with van der Waals surface area (Å²) in [5, 5.41) is 0. The fourth-order valence-corrected chi connectivity index (χ4v) is 4.57. The van der Waals surface area contributed by atoms with E-state index in [-0.39, 0.29) is 23.7 Å². The van der Waals surface area contributed by atoms with Crippen LogP contribution in [0.25, 0.3) is 0 Å². The maximum atomic E-state index is 6.64. The van der Waals surface area contributed by atoms with Crippen molar-refractivity contribution in [2.45, 2.75) is 68.5 Å². The summed E-state index contributed by atoms with van der Waals surface area (Å²) in [5.74, 6) is 0.0678. The third-order valence-electron chi connectivity index (χ3n) is 6.06. The third-order valence-corrected chi connectivity index (χ3v) is 6.06. The maximum absolute atomic E-state index is 6.64. The van der Waals surface area contributed by atoms with Crippen molar-refractivity contribution in [3.8, 4) is 0 Å². The van der Waals surface area contributed by atoms with Crippen molar-refractivity contribution in [3.05, 3.63) is 23.8 Å². The Morgan fingerprint density at radius 2 is 2.09 bits per heavy atom. The van der Waals surface area contributed by atoms with Crippen molar-refractivity contribution in [2.24, 2.45) is 11.7 Å². The molecule has 122 valence electrons. The van der Waals surface area contributed by atoms with Gasteiger partial charge in [0.2, 0.25) is 0 Å². The normalized spacial score (nSPS) is 47.1. The lowest BCUT2D eigenvalue weighted by atomic mass is 9.70. The van der Waals surface area contributed by atoms with Gasteiger partial charge in [-0.15, -0.1) is 0 Å². The summed E-state index contributed by atoms with van der Waals surface area (Å²) in [6.07, 6.45) is 10.4. The molecule has 2 aliphatic carbocycles. The summed E-state index contributed by atoms with van der Waals surface area (Å²) in [6.45, 7) is 4.96. The van der Waals surface area contributed by atoms with Crippen LogP contribution in [-0.4, -0.2) is 37.3 Å². The first-order chi connectivity index (χ1) is 10.6. The van der Waals surface area contributed by atoms with Gasteiger partial charge in [0.25, 0.3) is 0 Å². The Kier molecular flexibility index (Phi) is 3.49. The van der Waals surface area contributed by atoms with Crippen LogP contribution < -0.4 is 5.73 Å². The molecule has 4 rings (SSSR count). The van der Waals surface area contributed by atoms with E-state index in [0.29, 0.717) is 0 Å². The Bertz CT molecular complexity index is 502. The van der Waals surface area contributed by atoms with E-state index in [2.05, 4.69) is 12.7 Å². The largest absolute Gasteiger partial charge is 0.377 e. The molecule has 0 aromatic rings. The Hall–Kier alpha value is -0.680. The van der Waals surface area contributed by atoms with Crippen LogP contribution >= 0.6 is 0 Å². The number of rotatable bonds is 4. The first-order valence-corrected chi connectivity index (χ1v) is 8.58. The van der Waals surface area contributed by atoms with Gasteiger partial charge < -0.3 is 19.9 Å². The highest BCUT2D eigenvalue weighted by Crippen LogP contribution is 2.58. The third kappa shape index (κ3) is 2.28. The predicted molar refractivity (Wildman–Crippen MR) is 84.3 cm³/mol. The van der Waals surface area contributed by atoms with Gasteiger partial charge >= 0.3 is 0 Å². The summed E-state index contributed by atoms with van der Waals surface area (Å²) < 4.78 is 17.5. The summed E-state index contributed by atoms with van der Waals surface area (Å²) in [5.41, 5.74) is 8.60. The van der Waals surface area contributed by atoms with E-state index >= 15 is 0 Å². The standard InChI is InChI=1S/C18H27NO3/c1-12-9-10-17(11-21-17)16(15(12)20-2)18(19)14(22-18)8-7-13-5-3-4-6-13/h7,14-16H,1,3-6,8-11,19H2,2H3/t14-,15-,16+,17+,18+/m1/s1. The highest BCUT2D eigenvalue weighted by atomic mass is 16.6. The highest BCUT2D eigenvalue weighted by molar-refractivity contribution is 5.26. The van der Waals surface area contributed by atoms with Gasteiger partial charge in [-0.2, -0.15) is 0 Å². The van der Waals surface area contributed by atoms with Gasteiger partial charge in [-0.3, -0.25) is 0 Å². The lowest BCUT2D eigenvalue weighted by molar-refractivity contribution is -0.0230. The zero-order chi connectivity index (χ0) is 15.4. The first-order valence-electron chi connectivity index (χ1n) is 8.58. The van der Waals surface area contributed by atoms with Crippen molar-refractivity contribution in [1.82, 2.24) is 0 Å². The van der Waals surface area contributed by atoms with Crippen LogP contribution in [0.2, 0.25) is 0 Å². The maximum Gasteiger partial charge on any atom is 0.152 e. The number of hydrogen-bond donors (Lipinski definition) is 1. The zero-order valence-corrected chi connectivity index (χ0v) is 13.5. The van der Waals surface area contributed by atoms with Crippen LogP contribution in [0.4, 0.5) is 0 Å². The van der Waals surface area contributed by atoms with Gasteiger partial charge in [-0.25, -0.2) is 0 Å². The molecule has 4 aliphatic rings. The molecule has 2 saturated carbocycles. The van der Waals surface area contributed by atoms with Crippen LogP contribution in [0.5, 0.6) is 0 Å². The van der Waals surface area contributed by atoms with Gasteiger partial charge in [0.05, 0.1) is 18.6 Å². The van der Waals surface area contributed by atoms with E-state index in [1.165, 1.54) is 25.7 Å². The second kappa shape index (κ2) is 5.17. The minimum Gasteiger partial charge on any atom is -0.377 e. The van der Waals surface area contributed by atoms with Crippen LogP contribution in [0.1, 0.15) is 44.9 Å². The van der Waals surface area contributed by atoms with E-state index in [4.69, 9.17) is 19.9 Å². The quantitative estimate of drug-likeness (QED) is 0.641. The van der Waals surface area contributed by atoms with Gasteiger partial charge in [0.15, 0.2) is 5.72 Å². The molecular formula is C18H27NO3. The topological polar surface area (TPSA) is 60.3 Å². The van der Waals surface area contributed by atoms with Gasteiger partial charge in [-0.05, 0) is 50.5 Å². The molecule has 0 bridgehead atoms. The number of hydrogen-bond acceptors (Lipinski definition) is 4. The van der Waals surface area contributed by atoms with Crippen LogP contribution in [0, 0.1) is 5.92 Å². The molecule has 4 fully saturated rings.